The van der Waals surface area contributed by atoms with Gasteiger partial charge in [0.2, 0.25) is 0 Å². The van der Waals surface area contributed by atoms with Crippen LogP contribution >= 0.6 is 0 Å². The average molecular weight is 391 g/mol. The van der Waals surface area contributed by atoms with Gasteiger partial charge >= 0.3 is 0 Å². The van der Waals surface area contributed by atoms with Crippen LogP contribution in [-0.4, -0.2) is 42.8 Å². The first-order valence-electron chi connectivity index (χ1n) is 10.4. The molecule has 2 aliphatic heterocycles. The maximum atomic E-state index is 11.8. The van der Waals surface area contributed by atoms with Crippen molar-refractivity contribution in [1.29, 1.82) is 0 Å². The fraction of sp³-hybridized carbons (Fsp3) is 0.476. The van der Waals surface area contributed by atoms with Crippen molar-refractivity contribution in [2.24, 2.45) is 0 Å². The Kier molecular flexibility index (Phi) is 4.61. The molecule has 1 atom stereocenters. The lowest BCUT2D eigenvalue weighted by Crippen LogP contribution is -2.35. The molecule has 1 saturated heterocycles. The van der Waals surface area contributed by atoms with Crippen LogP contribution in [-0.2, 0) is 19.4 Å². The molecule has 3 aromatic heterocycles. The summed E-state index contributed by atoms with van der Waals surface area (Å²) in [5, 5.41) is 8.87. The van der Waals surface area contributed by atoms with Crippen molar-refractivity contribution in [2.45, 2.75) is 51.5 Å². The Morgan fingerprint density at radius 3 is 2.97 bits per heavy atom. The molecule has 3 aromatic rings. The van der Waals surface area contributed by atoms with E-state index in [-0.39, 0.29) is 5.56 Å². The molecule has 8 nitrogen and oxygen atoms in total. The van der Waals surface area contributed by atoms with Gasteiger partial charge in [0.1, 0.15) is 23.3 Å². The molecule has 0 aromatic carbocycles. The van der Waals surface area contributed by atoms with Gasteiger partial charge in [-0.1, -0.05) is 6.92 Å². The summed E-state index contributed by atoms with van der Waals surface area (Å²) in [6, 6.07) is 5.55. The van der Waals surface area contributed by atoms with E-state index in [0.29, 0.717) is 11.7 Å². The van der Waals surface area contributed by atoms with E-state index in [2.05, 4.69) is 34.6 Å². The number of fused-ring (bicyclic) bond motifs is 1. The number of nitrogens with one attached hydrogen (secondary N) is 1. The molecule has 1 N–H and O–H groups in total. The first-order valence-corrected chi connectivity index (χ1v) is 10.4. The van der Waals surface area contributed by atoms with Gasteiger partial charge in [0.05, 0.1) is 0 Å². The molecule has 0 radical (unpaired) electrons. The zero-order chi connectivity index (χ0) is 19.8. The summed E-state index contributed by atoms with van der Waals surface area (Å²) in [5.74, 6) is 4.19. The van der Waals surface area contributed by atoms with Crippen LogP contribution in [0.3, 0.4) is 0 Å². The van der Waals surface area contributed by atoms with Gasteiger partial charge in [0, 0.05) is 55.5 Å². The third-order valence-corrected chi connectivity index (χ3v) is 5.93. The van der Waals surface area contributed by atoms with Crippen LogP contribution in [0.2, 0.25) is 0 Å². The molecule has 2 aliphatic rings. The number of piperidine rings is 1. The van der Waals surface area contributed by atoms with Crippen molar-refractivity contribution in [3.63, 3.8) is 0 Å². The quantitative estimate of drug-likeness (QED) is 0.734. The highest BCUT2D eigenvalue weighted by molar-refractivity contribution is 5.56. The number of hydrogen-bond acceptors (Lipinski definition) is 6. The fourth-order valence-corrected chi connectivity index (χ4v) is 4.41. The number of hydrogen-bond donors (Lipinski definition) is 1. The van der Waals surface area contributed by atoms with E-state index in [1.165, 1.54) is 6.42 Å². The van der Waals surface area contributed by atoms with Gasteiger partial charge in [-0.15, -0.1) is 10.2 Å². The normalized spacial score (nSPS) is 18.8. The maximum Gasteiger partial charge on any atom is 0.251 e. The Labute approximate surface area is 169 Å². The van der Waals surface area contributed by atoms with Gasteiger partial charge < -0.3 is 14.5 Å². The van der Waals surface area contributed by atoms with E-state index in [9.17, 15) is 4.79 Å². The van der Waals surface area contributed by atoms with Crippen LogP contribution in [0.25, 0.3) is 11.4 Å². The van der Waals surface area contributed by atoms with E-state index in [0.717, 1.165) is 74.0 Å². The molecule has 0 bridgehead atoms. The monoisotopic (exact) mass is 391 g/mol. The van der Waals surface area contributed by atoms with Gasteiger partial charge in [-0.25, -0.2) is 9.97 Å². The minimum Gasteiger partial charge on any atom is -0.356 e. The summed E-state index contributed by atoms with van der Waals surface area (Å²) in [6.07, 6.45) is 7.00. The molecule has 5 heterocycles. The molecule has 1 fully saturated rings. The van der Waals surface area contributed by atoms with Gasteiger partial charge in [-0.05, 0) is 37.8 Å². The smallest absolute Gasteiger partial charge is 0.251 e. The second kappa shape index (κ2) is 7.42. The van der Waals surface area contributed by atoms with E-state index in [1.807, 2.05) is 19.1 Å². The van der Waals surface area contributed by atoms with Gasteiger partial charge in [0.25, 0.3) is 5.56 Å². The standard InChI is InChI=1S/C21H25N7O/c1-2-16-11-19(29)24-20(23-16)14-7-8-17(22-12-14)27-9-3-5-15(13-27)21-26-25-18-6-4-10-28(18)21/h7-8,11-12,15H,2-6,9-10,13H2,1H3,(H,23,24,29). The third kappa shape index (κ3) is 3.43. The Hall–Kier alpha value is -3.03. The molecule has 0 aliphatic carbocycles. The third-order valence-electron chi connectivity index (χ3n) is 5.93. The van der Waals surface area contributed by atoms with Gasteiger partial charge in [0.15, 0.2) is 0 Å². The largest absolute Gasteiger partial charge is 0.356 e. The van der Waals surface area contributed by atoms with Crippen LogP contribution in [0.5, 0.6) is 0 Å². The molecule has 8 heteroatoms. The van der Waals surface area contributed by atoms with E-state index in [4.69, 9.17) is 0 Å². The highest BCUT2D eigenvalue weighted by Gasteiger charge is 2.28. The number of rotatable bonds is 4. The summed E-state index contributed by atoms with van der Waals surface area (Å²) in [6.45, 7) is 4.93. The Bertz CT molecular complexity index is 1070. The number of aromatic amines is 1. The van der Waals surface area contributed by atoms with E-state index >= 15 is 0 Å². The van der Waals surface area contributed by atoms with Crippen LogP contribution < -0.4 is 10.5 Å². The van der Waals surface area contributed by atoms with E-state index < -0.39 is 0 Å². The topological polar surface area (TPSA) is 92.6 Å². The lowest BCUT2D eigenvalue weighted by atomic mass is 9.97. The van der Waals surface area contributed by atoms with Crippen molar-refractivity contribution in [2.75, 3.05) is 18.0 Å². The molecular formula is C21H25N7O. The predicted molar refractivity (Wildman–Crippen MR) is 110 cm³/mol. The summed E-state index contributed by atoms with van der Waals surface area (Å²) in [7, 11) is 0. The minimum absolute atomic E-state index is 0.129. The zero-order valence-corrected chi connectivity index (χ0v) is 16.6. The Morgan fingerprint density at radius 2 is 2.14 bits per heavy atom. The summed E-state index contributed by atoms with van der Waals surface area (Å²) in [4.78, 5) is 26.2. The molecule has 0 saturated carbocycles. The highest BCUT2D eigenvalue weighted by atomic mass is 16.1. The molecule has 150 valence electrons. The van der Waals surface area contributed by atoms with Gasteiger partial charge in [-0.3, -0.25) is 4.79 Å². The number of nitrogens with zero attached hydrogens (tertiary/aromatic N) is 6. The molecule has 5 rings (SSSR count). The average Bonchev–Trinajstić information content (AvgIpc) is 3.37. The van der Waals surface area contributed by atoms with Crippen molar-refractivity contribution < 1.29 is 0 Å². The molecule has 0 amide bonds. The Morgan fingerprint density at radius 1 is 1.21 bits per heavy atom. The molecule has 1 unspecified atom stereocenters. The summed E-state index contributed by atoms with van der Waals surface area (Å²) >= 11 is 0. The second-order valence-corrected chi connectivity index (χ2v) is 7.86. The molecular weight excluding hydrogens is 366 g/mol. The van der Waals surface area contributed by atoms with Crippen LogP contribution in [0, 0.1) is 0 Å². The SMILES string of the molecule is CCc1cc(=O)[nH]c(-c2ccc(N3CCCC(c4nnc5n4CCC5)C3)nc2)n1. The number of anilines is 1. The van der Waals surface area contributed by atoms with Crippen molar-refractivity contribution in [3.8, 4) is 11.4 Å². The summed E-state index contributed by atoms with van der Waals surface area (Å²) < 4.78 is 2.31. The number of aromatic nitrogens is 6. The summed E-state index contributed by atoms with van der Waals surface area (Å²) in [5.41, 5.74) is 1.48. The predicted octanol–water partition coefficient (Wildman–Crippen LogP) is 2.32. The fourth-order valence-electron chi connectivity index (χ4n) is 4.41. The zero-order valence-electron chi connectivity index (χ0n) is 16.6. The number of aryl methyl sites for hydroxylation is 2. The first kappa shape index (κ1) is 18.0. The highest BCUT2D eigenvalue weighted by Crippen LogP contribution is 2.30. The van der Waals surface area contributed by atoms with Crippen LogP contribution in [0.15, 0.2) is 29.2 Å². The van der Waals surface area contributed by atoms with Crippen LogP contribution in [0.1, 0.15) is 49.4 Å². The van der Waals surface area contributed by atoms with Crippen molar-refractivity contribution >= 4 is 5.82 Å². The lowest BCUT2D eigenvalue weighted by Gasteiger charge is -2.33. The number of pyridine rings is 1. The van der Waals surface area contributed by atoms with Crippen molar-refractivity contribution in [1.82, 2.24) is 29.7 Å². The maximum absolute atomic E-state index is 11.8. The second-order valence-electron chi connectivity index (χ2n) is 7.86. The number of H-pyrrole nitrogens is 1. The molecule has 29 heavy (non-hydrogen) atoms. The minimum atomic E-state index is -0.129. The van der Waals surface area contributed by atoms with Crippen LogP contribution in [0.4, 0.5) is 5.82 Å². The lowest BCUT2D eigenvalue weighted by molar-refractivity contribution is 0.471. The van der Waals surface area contributed by atoms with Gasteiger partial charge in [-0.2, -0.15) is 0 Å². The first-order chi connectivity index (χ1) is 14.2. The van der Waals surface area contributed by atoms with Crippen molar-refractivity contribution in [3.05, 3.63) is 52.1 Å². The van der Waals surface area contributed by atoms with E-state index in [1.54, 1.807) is 12.3 Å². The Balaban J connectivity index is 1.36. The molecule has 0 spiro atoms.